The van der Waals surface area contributed by atoms with Gasteiger partial charge < -0.3 is 9.73 Å². The Labute approximate surface area is 186 Å². The topological polar surface area (TPSA) is 71.5 Å². The molecule has 1 saturated heterocycles. The first-order chi connectivity index (χ1) is 15.7. The van der Waals surface area contributed by atoms with Crippen LogP contribution in [0.5, 0.6) is 0 Å². The van der Waals surface area contributed by atoms with E-state index < -0.39 is 0 Å². The quantitative estimate of drug-likeness (QED) is 0.427. The van der Waals surface area contributed by atoms with Crippen LogP contribution in [0, 0.1) is 5.82 Å². The SMILES string of the molecule is CCCCN1C[C@H](Nc2nccc(-c3c(-c4ccc(F)cc4)nc4occn34)n2)C1CC. The number of hydrogen-bond acceptors (Lipinski definition) is 6. The van der Waals surface area contributed by atoms with Gasteiger partial charge in [0.05, 0.1) is 11.7 Å². The Morgan fingerprint density at radius 3 is 2.78 bits per heavy atom. The first-order valence-electron chi connectivity index (χ1n) is 11.2. The van der Waals surface area contributed by atoms with Crippen LogP contribution in [0.25, 0.3) is 28.5 Å². The second kappa shape index (κ2) is 8.70. The Balaban J connectivity index is 1.44. The Kier molecular flexibility index (Phi) is 5.61. The van der Waals surface area contributed by atoms with Crippen LogP contribution in [-0.2, 0) is 0 Å². The standard InChI is InChI=1S/C24H27FN6O/c1-3-5-12-30-15-19(20(30)4-2)28-23-26-11-10-18(27-23)22-21(16-6-8-17(25)9-7-16)29-24-31(22)13-14-32-24/h6-11,13-14,19-20H,3-5,12,15H2,1-2H3,(H,26,27,28)/t19-,20?/m0/s1. The number of fused-ring (bicyclic) bond motifs is 1. The first kappa shape index (κ1) is 20.6. The number of unbranched alkanes of at least 4 members (excludes halogenated alkanes) is 1. The Morgan fingerprint density at radius 1 is 1.16 bits per heavy atom. The van der Waals surface area contributed by atoms with Gasteiger partial charge in [-0.25, -0.2) is 14.4 Å². The fraction of sp³-hybridized carbons (Fsp3) is 0.375. The largest absolute Gasteiger partial charge is 0.432 e. The van der Waals surface area contributed by atoms with Crippen molar-refractivity contribution < 1.29 is 8.81 Å². The van der Waals surface area contributed by atoms with Gasteiger partial charge in [0.2, 0.25) is 5.95 Å². The summed E-state index contributed by atoms with van der Waals surface area (Å²) in [6.45, 7) is 6.60. The maximum atomic E-state index is 13.5. The highest BCUT2D eigenvalue weighted by molar-refractivity contribution is 5.79. The van der Waals surface area contributed by atoms with Crippen LogP contribution >= 0.6 is 0 Å². The number of aromatic nitrogens is 4. The molecule has 0 radical (unpaired) electrons. The molecule has 1 aliphatic rings. The van der Waals surface area contributed by atoms with Crippen LogP contribution in [0.4, 0.5) is 10.3 Å². The van der Waals surface area contributed by atoms with Crippen LogP contribution in [0.2, 0.25) is 0 Å². The lowest BCUT2D eigenvalue weighted by molar-refractivity contribution is 0.0683. The van der Waals surface area contributed by atoms with Gasteiger partial charge in [0.15, 0.2) is 0 Å². The summed E-state index contributed by atoms with van der Waals surface area (Å²) in [6.07, 6.45) is 8.68. The average molecular weight is 435 g/mol. The summed E-state index contributed by atoms with van der Waals surface area (Å²) in [5.74, 6) is 0.777. The van der Waals surface area contributed by atoms with Crippen LogP contribution in [-0.4, -0.2) is 49.4 Å². The van der Waals surface area contributed by atoms with Crippen molar-refractivity contribution in [3.63, 3.8) is 0 Å². The van der Waals surface area contributed by atoms with E-state index in [4.69, 9.17) is 9.40 Å². The third-order valence-electron chi connectivity index (χ3n) is 6.17. The van der Waals surface area contributed by atoms with Gasteiger partial charge in [0, 0.05) is 30.5 Å². The van der Waals surface area contributed by atoms with Crippen molar-refractivity contribution in [2.75, 3.05) is 18.4 Å². The lowest BCUT2D eigenvalue weighted by Crippen LogP contribution is -2.63. The third kappa shape index (κ3) is 3.75. The molecule has 0 saturated carbocycles. The van der Waals surface area contributed by atoms with Crippen LogP contribution < -0.4 is 5.32 Å². The summed E-state index contributed by atoms with van der Waals surface area (Å²) >= 11 is 0. The van der Waals surface area contributed by atoms with E-state index in [0.717, 1.165) is 36.5 Å². The van der Waals surface area contributed by atoms with Gasteiger partial charge >= 0.3 is 5.84 Å². The summed E-state index contributed by atoms with van der Waals surface area (Å²) in [7, 11) is 0. The molecule has 4 heterocycles. The smallest absolute Gasteiger partial charge is 0.306 e. The van der Waals surface area contributed by atoms with E-state index in [-0.39, 0.29) is 5.82 Å². The minimum Gasteiger partial charge on any atom is -0.432 e. The summed E-state index contributed by atoms with van der Waals surface area (Å²) in [4.78, 5) is 16.4. The molecule has 8 heteroatoms. The Hall–Kier alpha value is -3.26. The maximum absolute atomic E-state index is 13.5. The second-order valence-corrected chi connectivity index (χ2v) is 8.21. The number of rotatable bonds is 8. The number of likely N-dealkylation sites (tertiary alicyclic amines) is 1. The zero-order valence-electron chi connectivity index (χ0n) is 18.3. The van der Waals surface area contributed by atoms with Crippen LogP contribution in [0.1, 0.15) is 33.1 Å². The van der Waals surface area contributed by atoms with E-state index in [1.165, 1.54) is 25.0 Å². The molecular weight excluding hydrogens is 407 g/mol. The minimum atomic E-state index is -0.286. The average Bonchev–Trinajstić information content (AvgIpc) is 3.38. The number of oxazole rings is 1. The molecular formula is C24H27FN6O. The van der Waals surface area contributed by atoms with Gasteiger partial charge in [-0.15, -0.1) is 0 Å². The van der Waals surface area contributed by atoms with Crippen molar-refractivity contribution in [3.8, 4) is 22.6 Å². The number of hydrogen-bond donors (Lipinski definition) is 1. The van der Waals surface area contributed by atoms with Crippen molar-refractivity contribution in [1.29, 1.82) is 0 Å². The maximum Gasteiger partial charge on any atom is 0.306 e. The molecule has 7 nitrogen and oxygen atoms in total. The van der Waals surface area contributed by atoms with E-state index in [9.17, 15) is 4.39 Å². The monoisotopic (exact) mass is 434 g/mol. The lowest BCUT2D eigenvalue weighted by atomic mass is 9.93. The molecule has 5 rings (SSSR count). The Bertz CT molecular complexity index is 1200. The fourth-order valence-corrected chi connectivity index (χ4v) is 4.49. The number of anilines is 1. The number of imidazole rings is 1. The normalized spacial score (nSPS) is 18.7. The van der Waals surface area contributed by atoms with E-state index >= 15 is 0 Å². The molecule has 1 aliphatic heterocycles. The van der Waals surface area contributed by atoms with Gasteiger partial charge in [0.1, 0.15) is 23.5 Å². The summed E-state index contributed by atoms with van der Waals surface area (Å²) in [6, 6.07) is 8.98. The third-order valence-corrected chi connectivity index (χ3v) is 6.17. The van der Waals surface area contributed by atoms with E-state index in [0.29, 0.717) is 29.6 Å². The van der Waals surface area contributed by atoms with Gasteiger partial charge in [-0.1, -0.05) is 20.3 Å². The highest BCUT2D eigenvalue weighted by Crippen LogP contribution is 2.33. The van der Waals surface area contributed by atoms with Crippen LogP contribution in [0.3, 0.4) is 0 Å². The lowest BCUT2D eigenvalue weighted by Gasteiger charge is -2.48. The molecule has 1 fully saturated rings. The summed E-state index contributed by atoms with van der Waals surface area (Å²) in [5, 5.41) is 3.53. The van der Waals surface area contributed by atoms with Crippen LogP contribution in [0.15, 0.2) is 53.4 Å². The second-order valence-electron chi connectivity index (χ2n) is 8.21. The number of halogens is 1. The van der Waals surface area contributed by atoms with E-state index in [1.54, 1.807) is 24.6 Å². The number of benzene rings is 1. The predicted octanol–water partition coefficient (Wildman–Crippen LogP) is 4.87. The predicted molar refractivity (Wildman–Crippen MR) is 122 cm³/mol. The van der Waals surface area contributed by atoms with Gasteiger partial charge in [-0.3, -0.25) is 9.30 Å². The highest BCUT2D eigenvalue weighted by Gasteiger charge is 2.37. The van der Waals surface area contributed by atoms with E-state index in [2.05, 4.69) is 34.0 Å². The van der Waals surface area contributed by atoms with Gasteiger partial charge in [-0.05, 0) is 49.7 Å². The van der Waals surface area contributed by atoms with Gasteiger partial charge in [-0.2, -0.15) is 4.98 Å². The van der Waals surface area contributed by atoms with Crippen molar-refractivity contribution in [3.05, 3.63) is 54.8 Å². The molecule has 3 aromatic heterocycles. The van der Waals surface area contributed by atoms with Crippen molar-refractivity contribution in [2.24, 2.45) is 0 Å². The molecule has 4 aromatic rings. The zero-order chi connectivity index (χ0) is 22.1. The van der Waals surface area contributed by atoms with Crippen molar-refractivity contribution in [2.45, 2.75) is 45.2 Å². The molecule has 0 bridgehead atoms. The number of nitrogens with zero attached hydrogens (tertiary/aromatic N) is 5. The first-order valence-corrected chi connectivity index (χ1v) is 11.2. The molecule has 0 spiro atoms. The zero-order valence-corrected chi connectivity index (χ0v) is 18.3. The fourth-order valence-electron chi connectivity index (χ4n) is 4.49. The van der Waals surface area contributed by atoms with Crippen molar-refractivity contribution in [1.82, 2.24) is 24.3 Å². The summed E-state index contributed by atoms with van der Waals surface area (Å²) in [5.41, 5.74) is 3.00. The highest BCUT2D eigenvalue weighted by atomic mass is 19.1. The molecule has 1 N–H and O–H groups in total. The minimum absolute atomic E-state index is 0.286. The summed E-state index contributed by atoms with van der Waals surface area (Å²) < 4.78 is 20.8. The van der Waals surface area contributed by atoms with Gasteiger partial charge in [0.25, 0.3) is 0 Å². The molecule has 166 valence electrons. The molecule has 0 aliphatic carbocycles. The number of nitrogens with one attached hydrogen (secondary N) is 1. The van der Waals surface area contributed by atoms with E-state index in [1.807, 2.05) is 16.7 Å². The van der Waals surface area contributed by atoms with Crippen molar-refractivity contribution >= 4 is 11.8 Å². The molecule has 2 atom stereocenters. The molecule has 32 heavy (non-hydrogen) atoms. The molecule has 1 aromatic carbocycles. The molecule has 1 unspecified atom stereocenters. The Morgan fingerprint density at radius 2 is 2.00 bits per heavy atom. The molecule has 0 amide bonds.